The lowest BCUT2D eigenvalue weighted by molar-refractivity contribution is -0.285. The number of rotatable bonds is 5. The van der Waals surface area contributed by atoms with Crippen LogP contribution in [0.15, 0.2) is 0 Å². The maximum Gasteiger partial charge on any atom is 0.320 e. The second-order valence-electron chi connectivity index (χ2n) is 6.49. The molecular formula is C15H25N3O6. The third-order valence-corrected chi connectivity index (χ3v) is 3.75. The van der Waals surface area contributed by atoms with Gasteiger partial charge in [-0.1, -0.05) is 27.7 Å². The number of nitrogens with zero attached hydrogens (tertiary/aromatic N) is 3. The van der Waals surface area contributed by atoms with Gasteiger partial charge in [0.2, 0.25) is 0 Å². The second kappa shape index (κ2) is 7.66. The van der Waals surface area contributed by atoms with Gasteiger partial charge in [-0.2, -0.15) is 9.97 Å². The number of hydrogen-bond donors (Lipinski definition) is 4. The van der Waals surface area contributed by atoms with E-state index in [2.05, 4.69) is 15.0 Å². The molecule has 24 heavy (non-hydrogen) atoms. The Labute approximate surface area is 140 Å². The van der Waals surface area contributed by atoms with Crippen LogP contribution in [0.3, 0.4) is 0 Å². The van der Waals surface area contributed by atoms with E-state index in [1.54, 1.807) is 0 Å². The van der Waals surface area contributed by atoms with E-state index in [4.69, 9.17) is 9.47 Å². The van der Waals surface area contributed by atoms with E-state index in [-0.39, 0.29) is 24.5 Å². The second-order valence-corrected chi connectivity index (χ2v) is 6.49. The average Bonchev–Trinajstić information content (AvgIpc) is 2.54. The molecule has 4 N–H and O–H groups in total. The highest BCUT2D eigenvalue weighted by Gasteiger charge is 2.43. The van der Waals surface area contributed by atoms with E-state index in [1.165, 1.54) is 0 Å². The summed E-state index contributed by atoms with van der Waals surface area (Å²) in [5, 5.41) is 38.6. The molecule has 2 heterocycles. The maximum absolute atomic E-state index is 9.91. The van der Waals surface area contributed by atoms with E-state index in [0.29, 0.717) is 11.6 Å². The normalized spacial score (nSPS) is 30.8. The maximum atomic E-state index is 9.91. The van der Waals surface area contributed by atoms with E-state index in [0.717, 1.165) is 0 Å². The van der Waals surface area contributed by atoms with Crippen molar-refractivity contribution in [2.75, 3.05) is 6.61 Å². The summed E-state index contributed by atoms with van der Waals surface area (Å²) < 4.78 is 10.5. The SMILES string of the molecule is CC(C)c1nc(OCC2OC(O)C(O)C(O)C2O)nc(C(C)C)n1. The van der Waals surface area contributed by atoms with Gasteiger partial charge in [0.25, 0.3) is 0 Å². The highest BCUT2D eigenvalue weighted by molar-refractivity contribution is 5.07. The fourth-order valence-corrected chi connectivity index (χ4v) is 2.19. The van der Waals surface area contributed by atoms with E-state index < -0.39 is 30.7 Å². The van der Waals surface area contributed by atoms with Crippen molar-refractivity contribution < 1.29 is 29.9 Å². The molecule has 1 fully saturated rings. The molecule has 0 bridgehead atoms. The Bertz CT molecular complexity index is 530. The molecule has 1 aliphatic heterocycles. The van der Waals surface area contributed by atoms with Gasteiger partial charge in [0, 0.05) is 11.8 Å². The van der Waals surface area contributed by atoms with E-state index >= 15 is 0 Å². The van der Waals surface area contributed by atoms with Crippen LogP contribution in [0.1, 0.15) is 51.2 Å². The van der Waals surface area contributed by atoms with Crippen LogP contribution >= 0.6 is 0 Å². The molecule has 0 saturated carbocycles. The smallest absolute Gasteiger partial charge is 0.320 e. The van der Waals surface area contributed by atoms with Crippen LogP contribution in [0.25, 0.3) is 0 Å². The van der Waals surface area contributed by atoms with E-state index in [1.807, 2.05) is 27.7 Å². The molecule has 0 amide bonds. The topological polar surface area (TPSA) is 138 Å². The zero-order valence-electron chi connectivity index (χ0n) is 14.2. The summed E-state index contributed by atoms with van der Waals surface area (Å²) in [5.74, 6) is 1.35. The summed E-state index contributed by atoms with van der Waals surface area (Å²) in [7, 11) is 0. The first-order valence-corrected chi connectivity index (χ1v) is 7.97. The Kier molecular flexibility index (Phi) is 6.05. The molecule has 136 valence electrons. The predicted molar refractivity (Wildman–Crippen MR) is 82.4 cm³/mol. The zero-order chi connectivity index (χ0) is 18.0. The van der Waals surface area contributed by atoms with E-state index in [9.17, 15) is 20.4 Å². The summed E-state index contributed by atoms with van der Waals surface area (Å²) in [6.07, 6.45) is -7.14. The van der Waals surface area contributed by atoms with Crippen molar-refractivity contribution in [1.82, 2.24) is 15.0 Å². The minimum Gasteiger partial charge on any atom is -0.460 e. The van der Waals surface area contributed by atoms with Gasteiger partial charge in [0.15, 0.2) is 6.29 Å². The van der Waals surface area contributed by atoms with Crippen molar-refractivity contribution in [3.63, 3.8) is 0 Å². The molecule has 9 nitrogen and oxygen atoms in total. The summed E-state index contributed by atoms with van der Waals surface area (Å²) in [6.45, 7) is 7.61. The summed E-state index contributed by atoms with van der Waals surface area (Å²) in [5.41, 5.74) is 0. The minimum absolute atomic E-state index is 0.0863. The van der Waals surface area contributed by atoms with Gasteiger partial charge in [0.1, 0.15) is 42.7 Å². The molecule has 0 radical (unpaired) electrons. The Hall–Kier alpha value is -1.39. The van der Waals surface area contributed by atoms with Crippen LogP contribution in [0.4, 0.5) is 0 Å². The molecule has 1 aromatic heterocycles. The van der Waals surface area contributed by atoms with Gasteiger partial charge < -0.3 is 29.9 Å². The lowest BCUT2D eigenvalue weighted by Crippen LogP contribution is -2.58. The average molecular weight is 343 g/mol. The molecule has 0 aliphatic carbocycles. The number of aromatic nitrogens is 3. The lowest BCUT2D eigenvalue weighted by atomic mass is 9.99. The van der Waals surface area contributed by atoms with Gasteiger partial charge in [-0.25, -0.2) is 4.98 Å². The van der Waals surface area contributed by atoms with Crippen molar-refractivity contribution in [3.8, 4) is 6.01 Å². The van der Waals surface area contributed by atoms with Crippen LogP contribution in [0, 0.1) is 0 Å². The van der Waals surface area contributed by atoms with Crippen LogP contribution in [-0.4, -0.2) is 72.7 Å². The molecule has 0 aromatic carbocycles. The molecule has 2 rings (SSSR count). The molecule has 5 unspecified atom stereocenters. The third-order valence-electron chi connectivity index (χ3n) is 3.75. The number of aliphatic hydroxyl groups excluding tert-OH is 4. The third kappa shape index (κ3) is 4.17. The first-order chi connectivity index (χ1) is 11.2. The number of hydrogen-bond acceptors (Lipinski definition) is 9. The predicted octanol–water partition coefficient (Wildman–Crippen LogP) is -0.703. The summed E-state index contributed by atoms with van der Waals surface area (Å²) in [6, 6.07) is 0.0864. The van der Waals surface area contributed by atoms with Gasteiger partial charge >= 0.3 is 6.01 Å². The largest absolute Gasteiger partial charge is 0.460 e. The van der Waals surface area contributed by atoms with Crippen molar-refractivity contribution in [3.05, 3.63) is 11.6 Å². The number of ether oxygens (including phenoxy) is 2. The first-order valence-electron chi connectivity index (χ1n) is 7.97. The monoisotopic (exact) mass is 343 g/mol. The fraction of sp³-hybridized carbons (Fsp3) is 0.800. The molecule has 0 spiro atoms. The Morgan fingerprint density at radius 1 is 0.875 bits per heavy atom. The first kappa shape index (κ1) is 18.9. The van der Waals surface area contributed by atoms with Gasteiger partial charge in [0.05, 0.1) is 0 Å². The fourth-order valence-electron chi connectivity index (χ4n) is 2.19. The van der Waals surface area contributed by atoms with Crippen molar-refractivity contribution in [2.45, 2.75) is 70.2 Å². The quantitative estimate of drug-likeness (QED) is 0.546. The van der Waals surface area contributed by atoms with Gasteiger partial charge in [-0.3, -0.25) is 0 Å². The van der Waals surface area contributed by atoms with Crippen molar-refractivity contribution >= 4 is 0 Å². The Morgan fingerprint density at radius 2 is 1.42 bits per heavy atom. The molecule has 1 aromatic rings. The Morgan fingerprint density at radius 3 is 1.92 bits per heavy atom. The number of aliphatic hydroxyl groups is 4. The van der Waals surface area contributed by atoms with Crippen LogP contribution in [0.2, 0.25) is 0 Å². The molecule has 5 atom stereocenters. The highest BCUT2D eigenvalue weighted by atomic mass is 16.6. The van der Waals surface area contributed by atoms with Crippen LogP contribution in [0.5, 0.6) is 6.01 Å². The summed E-state index contributed by atoms with van der Waals surface area (Å²) in [4.78, 5) is 12.8. The molecule has 1 aliphatic rings. The standard InChI is InChI=1S/C15H25N3O6/c1-6(2)12-16-13(7(3)4)18-15(17-12)23-5-8-9(19)10(20)11(21)14(22)24-8/h6-11,14,19-22H,5H2,1-4H3. The summed E-state index contributed by atoms with van der Waals surface area (Å²) >= 11 is 0. The van der Waals surface area contributed by atoms with Crippen LogP contribution in [-0.2, 0) is 4.74 Å². The lowest BCUT2D eigenvalue weighted by Gasteiger charge is -2.37. The zero-order valence-corrected chi connectivity index (χ0v) is 14.2. The molecule has 9 heteroatoms. The Balaban J connectivity index is 2.11. The van der Waals surface area contributed by atoms with Gasteiger partial charge in [-0.15, -0.1) is 0 Å². The highest BCUT2D eigenvalue weighted by Crippen LogP contribution is 2.21. The molecule has 1 saturated heterocycles. The van der Waals surface area contributed by atoms with Crippen molar-refractivity contribution in [2.24, 2.45) is 0 Å². The van der Waals surface area contributed by atoms with Gasteiger partial charge in [-0.05, 0) is 0 Å². The van der Waals surface area contributed by atoms with Crippen molar-refractivity contribution in [1.29, 1.82) is 0 Å². The minimum atomic E-state index is -1.60. The molecular weight excluding hydrogens is 318 g/mol. The van der Waals surface area contributed by atoms with Crippen LogP contribution < -0.4 is 4.74 Å².